The predicted octanol–water partition coefficient (Wildman–Crippen LogP) is 3.81. The maximum Gasteiger partial charge on any atom is 0.222 e. The van der Waals surface area contributed by atoms with E-state index < -0.39 is 0 Å². The fraction of sp³-hybridized carbons (Fsp3) is 0.773. The van der Waals surface area contributed by atoms with E-state index in [0.29, 0.717) is 11.9 Å². The van der Waals surface area contributed by atoms with Crippen molar-refractivity contribution in [2.45, 2.75) is 84.6 Å². The quantitative estimate of drug-likeness (QED) is 0.812. The number of aromatic nitrogens is 2. The molecule has 0 N–H and O–H groups in total. The van der Waals surface area contributed by atoms with Crippen LogP contribution in [0.25, 0.3) is 0 Å². The number of hydrogen-bond donors (Lipinski definition) is 0. The summed E-state index contributed by atoms with van der Waals surface area (Å²) in [6.45, 7) is 9.37. The molecule has 2 saturated heterocycles. The van der Waals surface area contributed by atoms with E-state index >= 15 is 0 Å². The lowest BCUT2D eigenvalue weighted by Gasteiger charge is -2.50. The van der Waals surface area contributed by atoms with Gasteiger partial charge in [-0.3, -0.25) is 4.79 Å². The van der Waals surface area contributed by atoms with Crippen LogP contribution in [0.1, 0.15) is 75.4 Å². The number of nitrogens with zero attached hydrogens (tertiary/aromatic N) is 4. The Kier molecular flexibility index (Phi) is 5.13. The topological polar surface area (TPSA) is 49.3 Å². The molecule has 1 aromatic heterocycles. The average Bonchev–Trinajstić information content (AvgIpc) is 3.18. The standard InChI is InChI=1S/C22H34N4O/c1-4-19-16(2)23-17(3)24-21(19)25-13-7-11-22(14-25)12-10-20(27)26(15-22)18-8-5-6-9-18/h18H,4-15H2,1-3H3. The summed E-state index contributed by atoms with van der Waals surface area (Å²) in [6, 6.07) is 0.500. The Balaban J connectivity index is 1.58. The van der Waals surface area contributed by atoms with E-state index in [-0.39, 0.29) is 5.41 Å². The summed E-state index contributed by atoms with van der Waals surface area (Å²) in [5.74, 6) is 2.41. The molecule has 3 fully saturated rings. The second-order valence-electron chi connectivity index (χ2n) is 9.00. The number of hydrogen-bond acceptors (Lipinski definition) is 4. The van der Waals surface area contributed by atoms with E-state index in [2.05, 4.69) is 28.6 Å². The van der Waals surface area contributed by atoms with Crippen molar-refractivity contribution in [3.05, 3.63) is 17.1 Å². The summed E-state index contributed by atoms with van der Waals surface area (Å²) in [4.78, 5) is 26.8. The molecule has 3 aliphatic rings. The summed E-state index contributed by atoms with van der Waals surface area (Å²) in [6.07, 6.45) is 10.1. The van der Waals surface area contributed by atoms with Crippen molar-refractivity contribution in [2.75, 3.05) is 24.5 Å². The van der Waals surface area contributed by atoms with Gasteiger partial charge in [0.25, 0.3) is 0 Å². The monoisotopic (exact) mass is 370 g/mol. The second-order valence-corrected chi connectivity index (χ2v) is 9.00. The molecule has 148 valence electrons. The highest BCUT2D eigenvalue weighted by Crippen LogP contribution is 2.42. The van der Waals surface area contributed by atoms with E-state index in [1.165, 1.54) is 44.1 Å². The van der Waals surface area contributed by atoms with E-state index in [1.54, 1.807) is 0 Å². The Hall–Kier alpha value is -1.65. The van der Waals surface area contributed by atoms with Crippen molar-refractivity contribution < 1.29 is 4.79 Å². The molecule has 1 saturated carbocycles. The molecule has 3 heterocycles. The molecule has 0 bridgehead atoms. The summed E-state index contributed by atoms with van der Waals surface area (Å²) in [5.41, 5.74) is 2.65. The van der Waals surface area contributed by atoms with Crippen molar-refractivity contribution in [3.8, 4) is 0 Å². The number of rotatable bonds is 3. The highest BCUT2D eigenvalue weighted by molar-refractivity contribution is 5.77. The third kappa shape index (κ3) is 3.57. The number of carbonyl (C=O) groups is 1. The Bertz CT molecular complexity index is 713. The van der Waals surface area contributed by atoms with Crippen LogP contribution in [0.2, 0.25) is 0 Å². The Morgan fingerprint density at radius 3 is 2.59 bits per heavy atom. The molecule has 4 rings (SSSR count). The van der Waals surface area contributed by atoms with Crippen LogP contribution in [0.5, 0.6) is 0 Å². The van der Waals surface area contributed by atoms with Crippen molar-refractivity contribution >= 4 is 11.7 Å². The number of carbonyl (C=O) groups excluding carboxylic acids is 1. The lowest BCUT2D eigenvalue weighted by Crippen LogP contribution is -2.56. The summed E-state index contributed by atoms with van der Waals surface area (Å²) < 4.78 is 0. The lowest BCUT2D eigenvalue weighted by atomic mass is 9.73. The molecule has 1 atom stereocenters. The predicted molar refractivity (Wildman–Crippen MR) is 108 cm³/mol. The van der Waals surface area contributed by atoms with Gasteiger partial charge in [0.05, 0.1) is 0 Å². The van der Waals surface area contributed by atoms with Crippen molar-refractivity contribution in [1.82, 2.24) is 14.9 Å². The number of aryl methyl sites for hydroxylation is 2. The van der Waals surface area contributed by atoms with E-state index in [4.69, 9.17) is 4.98 Å². The van der Waals surface area contributed by atoms with Gasteiger partial charge in [-0.25, -0.2) is 9.97 Å². The fourth-order valence-corrected chi connectivity index (χ4v) is 5.71. The number of anilines is 1. The maximum atomic E-state index is 12.6. The highest BCUT2D eigenvalue weighted by atomic mass is 16.2. The minimum atomic E-state index is 0.243. The molecule has 5 nitrogen and oxygen atoms in total. The Morgan fingerprint density at radius 2 is 1.85 bits per heavy atom. The first kappa shape index (κ1) is 18.7. The van der Waals surface area contributed by atoms with Crippen molar-refractivity contribution in [2.24, 2.45) is 5.41 Å². The van der Waals surface area contributed by atoms with Gasteiger partial charge in [0.2, 0.25) is 5.91 Å². The number of piperidine rings is 2. The van der Waals surface area contributed by atoms with Crippen LogP contribution in [-0.2, 0) is 11.2 Å². The van der Waals surface area contributed by atoms with Gasteiger partial charge in [-0.1, -0.05) is 19.8 Å². The Labute approximate surface area is 163 Å². The van der Waals surface area contributed by atoms with Gasteiger partial charge in [0.1, 0.15) is 11.6 Å². The van der Waals surface area contributed by atoms with Crippen LogP contribution in [0.4, 0.5) is 5.82 Å². The fourth-order valence-electron chi connectivity index (χ4n) is 5.71. The normalized spacial score (nSPS) is 27.0. The molecule has 1 aliphatic carbocycles. The van der Waals surface area contributed by atoms with Crippen LogP contribution in [0.15, 0.2) is 0 Å². The van der Waals surface area contributed by atoms with Gasteiger partial charge in [-0.15, -0.1) is 0 Å². The molecule has 5 heteroatoms. The first-order valence-corrected chi connectivity index (χ1v) is 10.9. The van der Waals surface area contributed by atoms with Gasteiger partial charge in [-0.2, -0.15) is 0 Å². The molecule has 0 aromatic carbocycles. The van der Waals surface area contributed by atoms with Crippen LogP contribution in [0.3, 0.4) is 0 Å². The summed E-state index contributed by atoms with van der Waals surface area (Å²) in [5, 5.41) is 0. The Morgan fingerprint density at radius 1 is 1.07 bits per heavy atom. The first-order chi connectivity index (χ1) is 13.0. The molecule has 1 spiro atoms. The molecule has 1 aromatic rings. The van der Waals surface area contributed by atoms with Gasteiger partial charge < -0.3 is 9.80 Å². The molecule has 1 unspecified atom stereocenters. The largest absolute Gasteiger partial charge is 0.356 e. The van der Waals surface area contributed by atoms with Crippen molar-refractivity contribution in [3.63, 3.8) is 0 Å². The smallest absolute Gasteiger partial charge is 0.222 e. The minimum absolute atomic E-state index is 0.243. The van der Waals surface area contributed by atoms with E-state index in [9.17, 15) is 4.79 Å². The second kappa shape index (κ2) is 7.40. The van der Waals surface area contributed by atoms with Gasteiger partial charge in [0.15, 0.2) is 0 Å². The zero-order valence-corrected chi connectivity index (χ0v) is 17.3. The number of amides is 1. The molecular weight excluding hydrogens is 336 g/mol. The minimum Gasteiger partial charge on any atom is -0.356 e. The van der Waals surface area contributed by atoms with Crippen molar-refractivity contribution in [1.29, 1.82) is 0 Å². The van der Waals surface area contributed by atoms with Gasteiger partial charge in [0, 0.05) is 48.8 Å². The van der Waals surface area contributed by atoms with Crippen LogP contribution in [0, 0.1) is 19.3 Å². The number of likely N-dealkylation sites (tertiary alicyclic amines) is 1. The van der Waals surface area contributed by atoms with Gasteiger partial charge >= 0.3 is 0 Å². The van der Waals surface area contributed by atoms with Crippen LogP contribution >= 0.6 is 0 Å². The SMILES string of the molecule is CCc1c(C)nc(C)nc1N1CCCC2(CCC(=O)N(C3CCCC3)C2)C1. The van der Waals surface area contributed by atoms with E-state index in [0.717, 1.165) is 56.2 Å². The molecule has 2 aliphatic heterocycles. The van der Waals surface area contributed by atoms with Crippen LogP contribution < -0.4 is 4.90 Å². The van der Waals surface area contributed by atoms with E-state index in [1.807, 2.05) is 6.92 Å². The third-order valence-corrected chi connectivity index (χ3v) is 7.08. The highest BCUT2D eigenvalue weighted by Gasteiger charge is 2.44. The molecule has 27 heavy (non-hydrogen) atoms. The third-order valence-electron chi connectivity index (χ3n) is 7.08. The molecular formula is C22H34N4O. The molecule has 1 amide bonds. The average molecular weight is 371 g/mol. The lowest BCUT2D eigenvalue weighted by molar-refractivity contribution is -0.140. The summed E-state index contributed by atoms with van der Waals surface area (Å²) in [7, 11) is 0. The maximum absolute atomic E-state index is 12.6. The first-order valence-electron chi connectivity index (χ1n) is 10.9. The molecule has 0 radical (unpaired) electrons. The zero-order chi connectivity index (χ0) is 19.0. The summed E-state index contributed by atoms with van der Waals surface area (Å²) >= 11 is 0. The van der Waals surface area contributed by atoms with Gasteiger partial charge in [-0.05, 0) is 52.4 Å². The van der Waals surface area contributed by atoms with Crippen LogP contribution in [-0.4, -0.2) is 46.5 Å². The zero-order valence-electron chi connectivity index (χ0n) is 17.3.